The molecule has 1 N–H and O–H groups in total. The molecule has 1 saturated heterocycles. The molecule has 2 atom stereocenters. The Balaban J connectivity index is 2.79. The van der Waals surface area contributed by atoms with Crippen molar-refractivity contribution in [1.29, 1.82) is 0 Å². The molecule has 3 heteroatoms. The van der Waals surface area contributed by atoms with Crippen molar-refractivity contribution in [2.75, 3.05) is 0 Å². The summed E-state index contributed by atoms with van der Waals surface area (Å²) in [4.78, 5) is 11.3. The maximum absolute atomic E-state index is 11.3. The van der Waals surface area contributed by atoms with E-state index in [1.54, 1.807) is 0 Å². The van der Waals surface area contributed by atoms with E-state index < -0.39 is 61.8 Å². The number of epoxide rings is 1. The molecule has 27 heavy (non-hydrogen) atoms. The minimum atomic E-state index is -2.39. The van der Waals surface area contributed by atoms with Crippen LogP contribution in [0.3, 0.4) is 0 Å². The van der Waals surface area contributed by atoms with Crippen molar-refractivity contribution in [2.45, 2.75) is 77.6 Å². The van der Waals surface area contributed by atoms with E-state index in [0.29, 0.717) is 0 Å². The van der Waals surface area contributed by atoms with E-state index in [-0.39, 0.29) is 6.42 Å². The van der Waals surface area contributed by atoms with Gasteiger partial charge < -0.3 is 9.84 Å². The van der Waals surface area contributed by atoms with Gasteiger partial charge in [-0.2, -0.15) is 0 Å². The lowest BCUT2D eigenvalue weighted by Gasteiger charge is -2.15. The molecule has 0 bridgehead atoms. The zero-order chi connectivity index (χ0) is 30.7. The molecule has 0 radical (unpaired) electrons. The third kappa shape index (κ3) is 11.4. The van der Waals surface area contributed by atoms with Gasteiger partial charge in [0.2, 0.25) is 0 Å². The highest BCUT2D eigenvalue weighted by Gasteiger charge is 2.35. The van der Waals surface area contributed by atoms with Crippen LogP contribution in [0.5, 0.6) is 0 Å². The molecule has 1 aliphatic rings. The number of rotatable bonds is 14. The summed E-state index contributed by atoms with van der Waals surface area (Å²) in [6.07, 6.45) is -3.78. The van der Waals surface area contributed by atoms with Crippen LogP contribution >= 0.6 is 0 Å². The molecule has 0 aromatic carbocycles. The summed E-state index contributed by atoms with van der Waals surface area (Å²) in [5, 5.41) is 9.20. The van der Waals surface area contributed by atoms with Crippen LogP contribution < -0.4 is 0 Å². The molecule has 1 fully saturated rings. The third-order valence-electron chi connectivity index (χ3n) is 3.39. The lowest BCUT2D eigenvalue weighted by Crippen LogP contribution is -2.22. The van der Waals surface area contributed by atoms with Crippen molar-refractivity contribution >= 4 is 5.97 Å². The number of ether oxygens (including phenoxy) is 1. The minimum Gasteiger partial charge on any atom is -0.481 e. The smallest absolute Gasteiger partial charge is 0.309 e. The molecule has 0 amide bonds. The number of aliphatic carboxylic acids is 1. The largest absolute Gasteiger partial charge is 0.481 e. The van der Waals surface area contributed by atoms with E-state index >= 15 is 0 Å². The summed E-state index contributed by atoms with van der Waals surface area (Å²) < 4.78 is 100.0. The van der Waals surface area contributed by atoms with Gasteiger partial charge in [0.1, 0.15) is 0 Å². The second kappa shape index (κ2) is 13.3. The molecule has 3 nitrogen and oxygen atoms in total. The van der Waals surface area contributed by atoms with Crippen molar-refractivity contribution < 1.29 is 31.1 Å². The van der Waals surface area contributed by atoms with Crippen molar-refractivity contribution in [3.63, 3.8) is 0 Å². The van der Waals surface area contributed by atoms with Crippen molar-refractivity contribution in [3.05, 3.63) is 60.8 Å². The van der Waals surface area contributed by atoms with E-state index in [0.717, 1.165) is 68.5 Å². The standard InChI is InChI=1S/C24H36O3/c1-4-5-15-18-21-22(27-21)19-16-13-11-9-7-6-8-10-12-14-17-20-24(2,3)23(25)26/h5,7-10,13-17,21-22H,4,6,11-12,18-20H2,1-3H3,(H,25,26)/b9-7-,10-8-,15-5-,16-13-,17-14-/i4D2,6D2,11D2,12D2,18D2,20D2. The first-order valence-corrected chi connectivity index (χ1v) is 8.60. The van der Waals surface area contributed by atoms with Crippen molar-refractivity contribution in [2.24, 2.45) is 5.41 Å². The maximum Gasteiger partial charge on any atom is 0.309 e. The summed E-state index contributed by atoms with van der Waals surface area (Å²) in [5.41, 5.74) is -1.83. The fourth-order valence-corrected chi connectivity index (χ4v) is 1.68. The maximum atomic E-state index is 11.3. The highest BCUT2D eigenvalue weighted by Crippen LogP contribution is 2.29. The predicted octanol–water partition coefficient (Wildman–Crippen LogP) is 6.40. The molecule has 0 aliphatic carbocycles. The van der Waals surface area contributed by atoms with Crippen LogP contribution in [0.2, 0.25) is 0 Å². The van der Waals surface area contributed by atoms with Gasteiger partial charge in [0.05, 0.1) is 17.6 Å². The molecule has 0 aromatic heterocycles. The third-order valence-corrected chi connectivity index (χ3v) is 3.39. The first-order chi connectivity index (χ1) is 17.2. The number of carboxylic acids is 1. The van der Waals surface area contributed by atoms with E-state index in [1.807, 2.05) is 0 Å². The zero-order valence-electron chi connectivity index (χ0n) is 27.9. The Hall–Kier alpha value is -1.87. The van der Waals surface area contributed by atoms with Crippen LogP contribution in [-0.4, -0.2) is 23.3 Å². The summed E-state index contributed by atoms with van der Waals surface area (Å²) in [5.74, 6) is -1.40. The summed E-state index contributed by atoms with van der Waals surface area (Å²) >= 11 is 0. The lowest BCUT2D eigenvalue weighted by atomic mass is 9.89. The Morgan fingerprint density at radius 1 is 0.926 bits per heavy atom. The van der Waals surface area contributed by atoms with Crippen LogP contribution in [0.15, 0.2) is 60.8 Å². The first kappa shape index (κ1) is 10.6. The van der Waals surface area contributed by atoms with Crippen LogP contribution in [-0.2, 0) is 9.53 Å². The number of carboxylic acid groups (broad SMARTS) is 1. The van der Waals surface area contributed by atoms with Gasteiger partial charge in [-0.05, 0) is 58.5 Å². The highest BCUT2D eigenvalue weighted by atomic mass is 16.6. The van der Waals surface area contributed by atoms with Gasteiger partial charge >= 0.3 is 5.97 Å². The van der Waals surface area contributed by atoms with E-state index in [4.69, 9.17) is 21.2 Å². The Bertz CT molecular complexity index is 1020. The molecule has 0 spiro atoms. The first-order valence-electron chi connectivity index (χ1n) is 14.6. The second-order valence-corrected chi connectivity index (χ2v) is 6.10. The SMILES string of the molecule is [2H]C([2H])(C)/C=C\C([2H])([2H])C1OC1C/C=C\C([2H])([2H])/C=C\C([2H])([2H])/C=C\C([2H])([2H])/C=C\C([2H])([2H])C(C)(C)C(=O)O. The fraction of sp³-hybridized carbons (Fsp3) is 0.542. The van der Waals surface area contributed by atoms with Crippen LogP contribution in [0, 0.1) is 5.41 Å². The van der Waals surface area contributed by atoms with Crippen molar-refractivity contribution in [3.8, 4) is 0 Å². The number of hydrogen-bond acceptors (Lipinski definition) is 2. The van der Waals surface area contributed by atoms with Crippen LogP contribution in [0.4, 0.5) is 0 Å². The Morgan fingerprint density at radius 2 is 1.48 bits per heavy atom. The van der Waals surface area contributed by atoms with Gasteiger partial charge in [-0.15, -0.1) is 0 Å². The highest BCUT2D eigenvalue weighted by molar-refractivity contribution is 5.73. The van der Waals surface area contributed by atoms with Gasteiger partial charge in [-0.3, -0.25) is 4.79 Å². The van der Waals surface area contributed by atoms with Crippen molar-refractivity contribution in [1.82, 2.24) is 0 Å². The molecular formula is C24H36O3. The number of hydrogen-bond donors (Lipinski definition) is 1. The molecule has 2 unspecified atom stereocenters. The monoisotopic (exact) mass is 384 g/mol. The van der Waals surface area contributed by atoms with Crippen LogP contribution in [0.1, 0.15) is 81.9 Å². The molecule has 1 rings (SSSR count). The molecule has 1 aliphatic heterocycles. The molecular weight excluding hydrogens is 336 g/mol. The van der Waals surface area contributed by atoms with Gasteiger partial charge in [0.15, 0.2) is 0 Å². The van der Waals surface area contributed by atoms with Crippen LogP contribution in [0.25, 0.3) is 0 Å². The predicted molar refractivity (Wildman–Crippen MR) is 114 cm³/mol. The van der Waals surface area contributed by atoms with Gasteiger partial charge in [-0.1, -0.05) is 67.7 Å². The van der Waals surface area contributed by atoms with Gasteiger partial charge in [0, 0.05) is 16.4 Å². The quantitative estimate of drug-likeness (QED) is 0.278. The number of allylic oxidation sites excluding steroid dienone is 8. The molecule has 0 aromatic rings. The Labute approximate surface area is 182 Å². The molecule has 1 heterocycles. The zero-order valence-corrected chi connectivity index (χ0v) is 15.9. The van der Waals surface area contributed by atoms with Gasteiger partial charge in [0.25, 0.3) is 0 Å². The molecule has 150 valence electrons. The minimum absolute atomic E-state index is 0.190. The lowest BCUT2D eigenvalue weighted by molar-refractivity contribution is -0.146. The average molecular weight is 385 g/mol. The Kier molecular flexibility index (Phi) is 5.24. The van der Waals surface area contributed by atoms with Gasteiger partial charge in [-0.25, -0.2) is 0 Å². The van der Waals surface area contributed by atoms with E-state index in [1.165, 1.54) is 13.0 Å². The topological polar surface area (TPSA) is 49.8 Å². The fourth-order valence-electron chi connectivity index (χ4n) is 1.68. The normalized spacial score (nSPS) is 30.6. The van der Waals surface area contributed by atoms with E-state index in [2.05, 4.69) is 0 Å². The molecule has 0 saturated carbocycles. The van der Waals surface area contributed by atoms with E-state index in [9.17, 15) is 9.90 Å². The number of carbonyl (C=O) groups is 1. The second-order valence-electron chi connectivity index (χ2n) is 6.10. The summed E-state index contributed by atoms with van der Waals surface area (Å²) in [7, 11) is 0. The summed E-state index contributed by atoms with van der Waals surface area (Å²) in [6, 6.07) is 0. The summed E-state index contributed by atoms with van der Waals surface area (Å²) in [6.45, 7) is 3.62. The average Bonchev–Trinajstić information content (AvgIpc) is 3.54. The Morgan fingerprint density at radius 3 is 2.04 bits per heavy atom.